The van der Waals surface area contributed by atoms with E-state index in [0.717, 1.165) is 16.6 Å². The van der Waals surface area contributed by atoms with E-state index in [1.54, 1.807) is 4.68 Å². The van der Waals surface area contributed by atoms with Crippen molar-refractivity contribution >= 4 is 16.6 Å². The van der Waals surface area contributed by atoms with Gasteiger partial charge in [0.1, 0.15) is 6.07 Å². The fraction of sp³-hybridized carbons (Fsp3) is 0.143. The summed E-state index contributed by atoms with van der Waals surface area (Å²) in [7, 11) is 1.87. The van der Waals surface area contributed by atoms with E-state index in [4.69, 9.17) is 5.26 Å². The molecule has 0 bridgehead atoms. The SMILES string of the molecule is Cn1ccc(CNc2c(C#N)nnc3ccccc23)n1. The van der Waals surface area contributed by atoms with Crippen LogP contribution in [0.15, 0.2) is 36.5 Å². The minimum atomic E-state index is 0.291. The van der Waals surface area contributed by atoms with Crippen LogP contribution in [0.5, 0.6) is 0 Å². The van der Waals surface area contributed by atoms with Crippen molar-refractivity contribution in [1.29, 1.82) is 5.26 Å². The van der Waals surface area contributed by atoms with Crippen LogP contribution >= 0.6 is 0 Å². The Labute approximate surface area is 115 Å². The number of fused-ring (bicyclic) bond motifs is 1. The zero-order chi connectivity index (χ0) is 13.9. The fourth-order valence-electron chi connectivity index (χ4n) is 2.05. The normalized spacial score (nSPS) is 10.4. The molecule has 0 amide bonds. The van der Waals surface area contributed by atoms with Crippen molar-refractivity contribution in [3.05, 3.63) is 47.9 Å². The van der Waals surface area contributed by atoms with Crippen molar-refractivity contribution in [2.45, 2.75) is 6.54 Å². The fourth-order valence-corrected chi connectivity index (χ4v) is 2.05. The largest absolute Gasteiger partial charge is 0.376 e. The molecule has 0 radical (unpaired) electrons. The third kappa shape index (κ3) is 2.17. The van der Waals surface area contributed by atoms with E-state index in [0.29, 0.717) is 17.9 Å². The Balaban J connectivity index is 1.98. The summed E-state index contributed by atoms with van der Waals surface area (Å²) in [6, 6.07) is 11.6. The van der Waals surface area contributed by atoms with Crippen molar-refractivity contribution in [2.75, 3.05) is 5.32 Å². The molecule has 0 unspecified atom stereocenters. The first-order chi connectivity index (χ1) is 9.78. The van der Waals surface area contributed by atoms with Gasteiger partial charge in [0.2, 0.25) is 0 Å². The number of nitriles is 1. The Morgan fingerprint density at radius 1 is 1.25 bits per heavy atom. The highest BCUT2D eigenvalue weighted by atomic mass is 15.3. The lowest BCUT2D eigenvalue weighted by atomic mass is 10.1. The summed E-state index contributed by atoms with van der Waals surface area (Å²) in [4.78, 5) is 0. The number of aromatic nitrogens is 4. The molecule has 2 heterocycles. The molecule has 2 aromatic heterocycles. The third-order valence-electron chi connectivity index (χ3n) is 2.99. The number of anilines is 1. The molecule has 0 spiro atoms. The molecule has 6 heteroatoms. The number of rotatable bonds is 3. The highest BCUT2D eigenvalue weighted by Gasteiger charge is 2.10. The van der Waals surface area contributed by atoms with E-state index < -0.39 is 0 Å². The molecule has 98 valence electrons. The summed E-state index contributed by atoms with van der Waals surface area (Å²) < 4.78 is 1.74. The number of aryl methyl sites for hydroxylation is 1. The van der Waals surface area contributed by atoms with E-state index >= 15 is 0 Å². The highest BCUT2D eigenvalue weighted by molar-refractivity contribution is 5.92. The first kappa shape index (κ1) is 12.1. The van der Waals surface area contributed by atoms with E-state index in [1.807, 2.05) is 43.6 Å². The Bertz CT molecular complexity index is 799. The van der Waals surface area contributed by atoms with E-state index in [-0.39, 0.29) is 0 Å². The molecule has 3 rings (SSSR count). The van der Waals surface area contributed by atoms with Crippen molar-refractivity contribution in [3.63, 3.8) is 0 Å². The zero-order valence-corrected chi connectivity index (χ0v) is 10.9. The summed E-state index contributed by atoms with van der Waals surface area (Å²) in [5, 5.41) is 25.6. The van der Waals surface area contributed by atoms with Crippen molar-refractivity contribution in [3.8, 4) is 6.07 Å². The second-order valence-corrected chi connectivity index (χ2v) is 4.39. The second-order valence-electron chi connectivity index (χ2n) is 4.39. The Hall–Kier alpha value is -2.94. The summed E-state index contributed by atoms with van der Waals surface area (Å²) in [6.45, 7) is 0.533. The predicted molar refractivity (Wildman–Crippen MR) is 74.8 cm³/mol. The average Bonchev–Trinajstić information content (AvgIpc) is 2.90. The van der Waals surface area contributed by atoms with Gasteiger partial charge >= 0.3 is 0 Å². The molecule has 1 aromatic carbocycles. The summed E-state index contributed by atoms with van der Waals surface area (Å²) in [5.41, 5.74) is 2.65. The summed E-state index contributed by atoms with van der Waals surface area (Å²) in [6.07, 6.45) is 1.88. The van der Waals surface area contributed by atoms with Gasteiger partial charge < -0.3 is 5.32 Å². The number of benzene rings is 1. The van der Waals surface area contributed by atoms with E-state index in [2.05, 4.69) is 26.7 Å². The maximum atomic E-state index is 9.17. The van der Waals surface area contributed by atoms with Crippen LogP contribution in [-0.4, -0.2) is 20.0 Å². The van der Waals surface area contributed by atoms with Gasteiger partial charge in [0.25, 0.3) is 0 Å². The topological polar surface area (TPSA) is 79.4 Å². The Kier molecular flexibility index (Phi) is 3.01. The Morgan fingerprint density at radius 3 is 2.85 bits per heavy atom. The predicted octanol–water partition coefficient (Wildman–Crippen LogP) is 1.85. The van der Waals surface area contributed by atoms with Crippen molar-refractivity contribution < 1.29 is 0 Å². The van der Waals surface area contributed by atoms with Gasteiger partial charge in [0.05, 0.1) is 23.4 Å². The molecule has 3 aromatic rings. The highest BCUT2D eigenvalue weighted by Crippen LogP contribution is 2.24. The van der Waals surface area contributed by atoms with Crippen LogP contribution in [-0.2, 0) is 13.6 Å². The Morgan fingerprint density at radius 2 is 2.10 bits per heavy atom. The van der Waals surface area contributed by atoms with Crippen LogP contribution in [0.4, 0.5) is 5.69 Å². The molecule has 0 aliphatic rings. The van der Waals surface area contributed by atoms with Crippen molar-refractivity contribution in [2.24, 2.45) is 7.05 Å². The van der Waals surface area contributed by atoms with Gasteiger partial charge in [0.15, 0.2) is 5.69 Å². The van der Waals surface area contributed by atoms with Gasteiger partial charge in [0, 0.05) is 18.6 Å². The van der Waals surface area contributed by atoms with Crippen molar-refractivity contribution in [1.82, 2.24) is 20.0 Å². The lowest BCUT2D eigenvalue weighted by Gasteiger charge is -2.08. The molecule has 20 heavy (non-hydrogen) atoms. The quantitative estimate of drug-likeness (QED) is 0.781. The molecule has 0 saturated carbocycles. The van der Waals surface area contributed by atoms with Crippen LogP contribution in [0.3, 0.4) is 0 Å². The molecule has 0 fully saturated rings. The molecule has 0 aliphatic heterocycles. The first-order valence-electron chi connectivity index (χ1n) is 6.16. The first-order valence-corrected chi connectivity index (χ1v) is 6.16. The van der Waals surface area contributed by atoms with Gasteiger partial charge in [-0.05, 0) is 12.1 Å². The van der Waals surface area contributed by atoms with Gasteiger partial charge in [-0.1, -0.05) is 18.2 Å². The third-order valence-corrected chi connectivity index (χ3v) is 2.99. The van der Waals surface area contributed by atoms with Crippen LogP contribution in [0.2, 0.25) is 0 Å². The van der Waals surface area contributed by atoms with Gasteiger partial charge in [-0.15, -0.1) is 10.2 Å². The van der Waals surface area contributed by atoms with E-state index in [9.17, 15) is 0 Å². The van der Waals surface area contributed by atoms with Gasteiger partial charge in [-0.25, -0.2) is 0 Å². The van der Waals surface area contributed by atoms with Gasteiger partial charge in [-0.2, -0.15) is 10.4 Å². The number of hydrogen-bond acceptors (Lipinski definition) is 5. The average molecular weight is 264 g/mol. The molecule has 0 saturated heterocycles. The monoisotopic (exact) mass is 264 g/mol. The summed E-state index contributed by atoms with van der Waals surface area (Å²) in [5.74, 6) is 0. The number of hydrogen-bond donors (Lipinski definition) is 1. The van der Waals surface area contributed by atoms with Gasteiger partial charge in [-0.3, -0.25) is 4.68 Å². The minimum absolute atomic E-state index is 0.291. The number of nitrogens with one attached hydrogen (secondary N) is 1. The molecular formula is C14H12N6. The lowest BCUT2D eigenvalue weighted by Crippen LogP contribution is -2.05. The van der Waals surface area contributed by atoms with E-state index in [1.165, 1.54) is 0 Å². The lowest BCUT2D eigenvalue weighted by molar-refractivity contribution is 0.747. The summed E-state index contributed by atoms with van der Waals surface area (Å²) >= 11 is 0. The van der Waals surface area contributed by atoms with Crippen LogP contribution < -0.4 is 5.32 Å². The minimum Gasteiger partial charge on any atom is -0.376 e. The standard InChI is InChI=1S/C14H12N6/c1-20-7-6-10(19-20)9-16-14-11-4-2-3-5-12(11)17-18-13(14)8-15/h2-7H,9H2,1H3,(H,16,17). The maximum Gasteiger partial charge on any atom is 0.186 e. The smallest absolute Gasteiger partial charge is 0.186 e. The molecule has 0 atom stereocenters. The van der Waals surface area contributed by atoms with Crippen LogP contribution in [0.1, 0.15) is 11.4 Å². The second kappa shape index (κ2) is 4.97. The van der Waals surface area contributed by atoms with Crippen LogP contribution in [0, 0.1) is 11.3 Å². The molecule has 1 N–H and O–H groups in total. The molecule has 0 aliphatic carbocycles. The zero-order valence-electron chi connectivity index (χ0n) is 10.9. The molecule has 6 nitrogen and oxygen atoms in total. The molecular weight excluding hydrogens is 252 g/mol. The van der Waals surface area contributed by atoms with Crippen LogP contribution in [0.25, 0.3) is 10.9 Å². The number of nitrogens with zero attached hydrogens (tertiary/aromatic N) is 5. The maximum absolute atomic E-state index is 9.17.